The lowest BCUT2D eigenvalue weighted by atomic mass is 10.1. The van der Waals surface area contributed by atoms with Crippen molar-refractivity contribution in [2.24, 2.45) is 0 Å². The number of aryl methyl sites for hydroxylation is 3. The Balaban J connectivity index is 1.66. The topological polar surface area (TPSA) is 61.0 Å². The molecule has 0 aliphatic carbocycles. The number of hydrogen-bond donors (Lipinski definition) is 0. The quantitative estimate of drug-likeness (QED) is 0.402. The smallest absolute Gasteiger partial charge is 0.471 e. The number of nitrogens with zero attached hydrogens (tertiary/aromatic N) is 3. The van der Waals surface area contributed by atoms with Gasteiger partial charge in [0.15, 0.2) is 0 Å². The Morgan fingerprint density at radius 3 is 2.41 bits per heavy atom. The Morgan fingerprint density at radius 1 is 1.15 bits per heavy atom. The molecule has 0 fully saturated rings. The molecular weight excluding hydrogens is 399 g/mol. The molecule has 0 aliphatic heterocycles. The number of thiazole rings is 1. The van der Waals surface area contributed by atoms with E-state index in [1.165, 1.54) is 0 Å². The molecule has 2 heterocycles. The highest BCUT2D eigenvalue weighted by Crippen LogP contribution is 2.32. The first-order chi connectivity index (χ1) is 12.7. The van der Waals surface area contributed by atoms with E-state index in [1.54, 1.807) is 35.2 Å². The van der Waals surface area contributed by atoms with Crippen LogP contribution in [-0.4, -0.2) is 27.5 Å². The van der Waals surface area contributed by atoms with Gasteiger partial charge in [0.05, 0.1) is 6.61 Å². The van der Waals surface area contributed by atoms with Gasteiger partial charge in [-0.15, -0.1) is 11.3 Å². The lowest BCUT2D eigenvalue weighted by Crippen LogP contribution is -2.05. The molecule has 0 bridgehead atoms. The molecule has 3 rings (SSSR count). The van der Waals surface area contributed by atoms with Crippen LogP contribution in [0.3, 0.4) is 0 Å². The van der Waals surface area contributed by atoms with Crippen LogP contribution in [0.15, 0.2) is 26.4 Å². The third-order valence-corrected chi connectivity index (χ3v) is 5.64. The maximum absolute atomic E-state index is 12.6. The molecule has 10 heteroatoms. The van der Waals surface area contributed by atoms with Crippen molar-refractivity contribution in [2.75, 3.05) is 12.4 Å². The third kappa shape index (κ3) is 4.81. The van der Waals surface area contributed by atoms with Gasteiger partial charge in [-0.25, -0.2) is 4.98 Å². The maximum Gasteiger partial charge on any atom is 0.471 e. The average Bonchev–Trinajstić information content (AvgIpc) is 3.22. The number of thioether (sulfide) groups is 1. The summed E-state index contributed by atoms with van der Waals surface area (Å²) in [5.41, 5.74) is 3.03. The summed E-state index contributed by atoms with van der Waals surface area (Å²) in [6, 6.07) is 3.37. The van der Waals surface area contributed by atoms with Crippen molar-refractivity contribution in [3.8, 4) is 17.1 Å². The van der Waals surface area contributed by atoms with E-state index in [4.69, 9.17) is 4.74 Å². The summed E-state index contributed by atoms with van der Waals surface area (Å²) >= 11 is 3.22. The van der Waals surface area contributed by atoms with Crippen LogP contribution in [0.5, 0.6) is 5.75 Å². The van der Waals surface area contributed by atoms with Gasteiger partial charge in [0, 0.05) is 22.4 Å². The summed E-state index contributed by atoms with van der Waals surface area (Å²) < 4.78 is 49.0. The van der Waals surface area contributed by atoms with Crippen molar-refractivity contribution >= 4 is 23.1 Å². The van der Waals surface area contributed by atoms with Crippen LogP contribution < -0.4 is 4.74 Å². The minimum Gasteiger partial charge on any atom is -0.492 e. The van der Waals surface area contributed by atoms with Gasteiger partial charge in [-0.2, -0.15) is 18.2 Å². The Labute approximate surface area is 162 Å². The average molecular weight is 415 g/mol. The van der Waals surface area contributed by atoms with Gasteiger partial charge in [0.25, 0.3) is 0 Å². The lowest BCUT2D eigenvalue weighted by Gasteiger charge is -2.13. The molecule has 144 valence electrons. The molecule has 0 saturated heterocycles. The zero-order valence-corrected chi connectivity index (χ0v) is 16.4. The Hall–Kier alpha value is -2.07. The molecule has 5 nitrogen and oxygen atoms in total. The summed E-state index contributed by atoms with van der Waals surface area (Å²) in [6.45, 7) is 6.10. The van der Waals surface area contributed by atoms with E-state index in [0.29, 0.717) is 17.9 Å². The Bertz CT molecular complexity index is 915. The molecule has 27 heavy (non-hydrogen) atoms. The van der Waals surface area contributed by atoms with Crippen LogP contribution in [-0.2, 0) is 6.18 Å². The standard InChI is InChI=1S/C17H16F3N3O2S2/c1-9-6-12(14-22-15(25-23-14)17(18,19)20)7-10(2)13(9)24-4-5-26-16-21-11(3)8-27-16/h6-8H,4-5H2,1-3H3. The van der Waals surface area contributed by atoms with Gasteiger partial charge in [0.1, 0.15) is 10.1 Å². The molecule has 0 aliphatic rings. The number of ether oxygens (including phenoxy) is 1. The molecule has 0 amide bonds. The SMILES string of the molecule is Cc1csc(SCCOc2c(C)cc(-c3noc(C(F)(F)F)n3)cc2C)n1. The van der Waals surface area contributed by atoms with Crippen molar-refractivity contribution < 1.29 is 22.4 Å². The normalized spacial score (nSPS) is 11.8. The zero-order valence-electron chi connectivity index (χ0n) is 14.8. The highest BCUT2D eigenvalue weighted by atomic mass is 32.2. The van der Waals surface area contributed by atoms with Crippen molar-refractivity contribution in [2.45, 2.75) is 31.3 Å². The fourth-order valence-corrected chi connectivity index (χ4v) is 4.17. The second-order valence-electron chi connectivity index (χ2n) is 5.81. The first-order valence-corrected chi connectivity index (χ1v) is 9.81. The summed E-state index contributed by atoms with van der Waals surface area (Å²) in [7, 11) is 0. The molecule has 0 saturated carbocycles. The molecule has 2 aromatic heterocycles. The minimum absolute atomic E-state index is 0.102. The summed E-state index contributed by atoms with van der Waals surface area (Å²) in [4.78, 5) is 7.80. The van der Waals surface area contributed by atoms with Crippen molar-refractivity contribution in [1.29, 1.82) is 0 Å². The lowest BCUT2D eigenvalue weighted by molar-refractivity contribution is -0.159. The van der Waals surface area contributed by atoms with Gasteiger partial charge in [0.2, 0.25) is 5.82 Å². The molecule has 0 N–H and O–H groups in total. The first kappa shape index (κ1) is 19.7. The predicted octanol–water partition coefficient (Wildman–Crippen LogP) is 5.31. The molecule has 0 radical (unpaired) electrons. The van der Waals surface area contributed by atoms with Crippen LogP contribution in [0.2, 0.25) is 0 Å². The van der Waals surface area contributed by atoms with Gasteiger partial charge in [-0.05, 0) is 44.0 Å². The van der Waals surface area contributed by atoms with E-state index in [9.17, 15) is 13.2 Å². The molecule has 0 spiro atoms. The zero-order chi connectivity index (χ0) is 19.6. The third-order valence-electron chi connectivity index (χ3n) is 3.54. The van der Waals surface area contributed by atoms with E-state index < -0.39 is 12.1 Å². The van der Waals surface area contributed by atoms with Crippen molar-refractivity contribution in [1.82, 2.24) is 15.1 Å². The maximum atomic E-state index is 12.6. The largest absolute Gasteiger partial charge is 0.492 e. The Kier molecular flexibility index (Phi) is 5.75. The van der Waals surface area contributed by atoms with E-state index in [-0.39, 0.29) is 5.82 Å². The second kappa shape index (κ2) is 7.89. The van der Waals surface area contributed by atoms with Crippen molar-refractivity contribution in [3.05, 3.63) is 40.2 Å². The van der Waals surface area contributed by atoms with E-state index in [2.05, 4.69) is 19.6 Å². The van der Waals surface area contributed by atoms with Crippen LogP contribution in [0, 0.1) is 20.8 Å². The van der Waals surface area contributed by atoms with E-state index in [0.717, 1.165) is 26.9 Å². The Morgan fingerprint density at radius 2 is 1.85 bits per heavy atom. The molecule has 0 unspecified atom stereocenters. The predicted molar refractivity (Wildman–Crippen MR) is 97.3 cm³/mol. The van der Waals surface area contributed by atoms with Crippen LogP contribution >= 0.6 is 23.1 Å². The summed E-state index contributed by atoms with van der Waals surface area (Å²) in [5, 5.41) is 5.42. The highest BCUT2D eigenvalue weighted by molar-refractivity contribution is 8.01. The molecule has 0 atom stereocenters. The van der Waals surface area contributed by atoms with E-state index >= 15 is 0 Å². The van der Waals surface area contributed by atoms with Gasteiger partial charge in [-0.3, -0.25) is 0 Å². The van der Waals surface area contributed by atoms with Gasteiger partial charge < -0.3 is 9.26 Å². The van der Waals surface area contributed by atoms with Crippen LogP contribution in [0.1, 0.15) is 22.7 Å². The van der Waals surface area contributed by atoms with Gasteiger partial charge >= 0.3 is 12.1 Å². The minimum atomic E-state index is -4.66. The second-order valence-corrected chi connectivity index (χ2v) is 8.01. The number of benzene rings is 1. The van der Waals surface area contributed by atoms with Crippen molar-refractivity contribution in [3.63, 3.8) is 0 Å². The number of alkyl halides is 3. The number of rotatable bonds is 6. The fraction of sp³-hybridized carbons (Fsp3) is 0.353. The van der Waals surface area contributed by atoms with Gasteiger partial charge in [-0.1, -0.05) is 16.9 Å². The highest BCUT2D eigenvalue weighted by Gasteiger charge is 2.38. The van der Waals surface area contributed by atoms with Crippen LogP contribution in [0.4, 0.5) is 13.2 Å². The number of aromatic nitrogens is 3. The number of hydrogen-bond acceptors (Lipinski definition) is 7. The molecule has 3 aromatic rings. The van der Waals surface area contributed by atoms with Crippen LogP contribution in [0.25, 0.3) is 11.4 Å². The molecular formula is C17H16F3N3O2S2. The number of halogens is 3. The summed E-state index contributed by atoms with van der Waals surface area (Å²) in [5.74, 6) is -0.0144. The first-order valence-electron chi connectivity index (χ1n) is 7.94. The van der Waals surface area contributed by atoms with E-state index in [1.807, 2.05) is 26.2 Å². The summed E-state index contributed by atoms with van der Waals surface area (Å²) in [6.07, 6.45) is -4.66. The fourth-order valence-electron chi connectivity index (χ4n) is 2.43. The molecule has 1 aromatic carbocycles. The monoisotopic (exact) mass is 415 g/mol.